The zero-order valence-corrected chi connectivity index (χ0v) is 13.7. The summed E-state index contributed by atoms with van der Waals surface area (Å²) >= 11 is 5.60. The number of benzene rings is 2. The van der Waals surface area contributed by atoms with Gasteiger partial charge >= 0.3 is 0 Å². The van der Waals surface area contributed by atoms with E-state index in [1.807, 2.05) is 47.0 Å². The minimum absolute atomic E-state index is 0.109. The van der Waals surface area contributed by atoms with Gasteiger partial charge in [-0.1, -0.05) is 36.4 Å². The highest BCUT2D eigenvalue weighted by Crippen LogP contribution is 2.22. The van der Waals surface area contributed by atoms with Gasteiger partial charge in [0, 0.05) is 23.2 Å². The Hall–Kier alpha value is -2.20. The second-order valence-electron chi connectivity index (χ2n) is 6.31. The maximum absolute atomic E-state index is 12.4. The number of hydrogen-bond donors (Lipinski definition) is 0. The Balaban J connectivity index is 2.42. The van der Waals surface area contributed by atoms with Crippen LogP contribution in [0.25, 0.3) is 16.5 Å². The maximum atomic E-state index is 12.4. The normalized spacial score (nSPS) is 11.8. The van der Waals surface area contributed by atoms with Gasteiger partial charge in [0.1, 0.15) is 0 Å². The lowest BCUT2D eigenvalue weighted by atomic mass is 10.1. The van der Waals surface area contributed by atoms with Gasteiger partial charge in [0.05, 0.1) is 5.69 Å². The van der Waals surface area contributed by atoms with Crippen molar-refractivity contribution in [3.8, 4) is 5.69 Å². The van der Waals surface area contributed by atoms with Crippen LogP contribution in [0, 0.1) is 4.77 Å². The summed E-state index contributed by atoms with van der Waals surface area (Å²) < 4.78 is 4.07. The van der Waals surface area contributed by atoms with Crippen molar-refractivity contribution in [3.63, 3.8) is 0 Å². The second-order valence-corrected chi connectivity index (χ2v) is 6.68. The van der Waals surface area contributed by atoms with Crippen molar-refractivity contribution in [2.24, 2.45) is 0 Å². The van der Waals surface area contributed by atoms with Gasteiger partial charge in [-0.2, -0.15) is 0 Å². The summed E-state index contributed by atoms with van der Waals surface area (Å²) in [6.07, 6.45) is 1.77. The third-order valence-corrected chi connectivity index (χ3v) is 4.09. The molecule has 0 unspecified atom stereocenters. The molecular formula is C18H18N2OS. The first kappa shape index (κ1) is 14.7. The predicted molar refractivity (Wildman–Crippen MR) is 93.4 cm³/mol. The number of nitrogens with zero attached hydrogens (tertiary/aromatic N) is 2. The van der Waals surface area contributed by atoms with E-state index in [9.17, 15) is 4.79 Å². The fourth-order valence-electron chi connectivity index (χ4n) is 2.61. The SMILES string of the molecule is CC(C)(C)n1ccc(=O)n(-c2cccc3ccccc23)c1=S. The van der Waals surface area contributed by atoms with Crippen molar-refractivity contribution in [2.45, 2.75) is 26.3 Å². The molecule has 0 aliphatic heterocycles. The van der Waals surface area contributed by atoms with Crippen LogP contribution in [0.4, 0.5) is 0 Å². The van der Waals surface area contributed by atoms with E-state index in [0.717, 1.165) is 16.5 Å². The van der Waals surface area contributed by atoms with Gasteiger partial charge in [-0.25, -0.2) is 0 Å². The van der Waals surface area contributed by atoms with E-state index in [1.54, 1.807) is 16.8 Å². The van der Waals surface area contributed by atoms with E-state index in [-0.39, 0.29) is 11.1 Å². The molecular weight excluding hydrogens is 292 g/mol. The van der Waals surface area contributed by atoms with Gasteiger partial charge in [0.15, 0.2) is 4.77 Å². The van der Waals surface area contributed by atoms with Crippen molar-refractivity contribution in [3.05, 3.63) is 69.9 Å². The van der Waals surface area contributed by atoms with E-state index < -0.39 is 0 Å². The molecule has 0 aliphatic rings. The van der Waals surface area contributed by atoms with Crippen LogP contribution in [0.2, 0.25) is 0 Å². The lowest BCUT2D eigenvalue weighted by molar-refractivity contribution is 0.379. The Labute approximate surface area is 134 Å². The van der Waals surface area contributed by atoms with E-state index >= 15 is 0 Å². The predicted octanol–water partition coefficient (Wildman–Crippen LogP) is 4.28. The fraction of sp³-hybridized carbons (Fsp3) is 0.222. The molecule has 0 aliphatic carbocycles. The molecule has 0 saturated heterocycles. The van der Waals surface area contributed by atoms with Crippen LogP contribution in [0.5, 0.6) is 0 Å². The highest BCUT2D eigenvalue weighted by Gasteiger charge is 2.16. The maximum Gasteiger partial charge on any atom is 0.258 e. The van der Waals surface area contributed by atoms with Crippen molar-refractivity contribution in [1.82, 2.24) is 9.13 Å². The molecule has 4 heteroatoms. The smallest absolute Gasteiger partial charge is 0.258 e. The number of aromatic nitrogens is 2. The second kappa shape index (κ2) is 5.21. The molecule has 0 bridgehead atoms. The van der Waals surface area contributed by atoms with Gasteiger partial charge < -0.3 is 4.57 Å². The molecule has 0 saturated carbocycles. The Morgan fingerprint density at radius 3 is 2.36 bits per heavy atom. The minimum atomic E-state index is -0.183. The molecule has 0 atom stereocenters. The average molecular weight is 310 g/mol. The van der Waals surface area contributed by atoms with Gasteiger partial charge in [-0.3, -0.25) is 9.36 Å². The van der Waals surface area contributed by atoms with Crippen LogP contribution in [0.3, 0.4) is 0 Å². The molecule has 112 valence electrons. The summed E-state index contributed by atoms with van der Waals surface area (Å²) in [6.45, 7) is 6.21. The zero-order chi connectivity index (χ0) is 15.9. The molecule has 0 radical (unpaired) electrons. The first-order valence-corrected chi connectivity index (χ1v) is 7.64. The lowest BCUT2D eigenvalue weighted by Crippen LogP contribution is -2.30. The Bertz CT molecular complexity index is 956. The average Bonchev–Trinajstić information content (AvgIpc) is 2.46. The van der Waals surface area contributed by atoms with Gasteiger partial charge in [-0.05, 0) is 44.4 Å². The van der Waals surface area contributed by atoms with Crippen molar-refractivity contribution >= 4 is 23.0 Å². The monoisotopic (exact) mass is 310 g/mol. The van der Waals surface area contributed by atoms with E-state index in [0.29, 0.717) is 4.77 Å². The van der Waals surface area contributed by atoms with E-state index in [2.05, 4.69) is 20.8 Å². The first-order valence-electron chi connectivity index (χ1n) is 7.23. The summed E-state index contributed by atoms with van der Waals surface area (Å²) in [5.74, 6) is 0. The Morgan fingerprint density at radius 1 is 0.955 bits per heavy atom. The van der Waals surface area contributed by atoms with Gasteiger partial charge in [0.25, 0.3) is 5.56 Å². The Morgan fingerprint density at radius 2 is 1.64 bits per heavy atom. The quantitative estimate of drug-likeness (QED) is 0.627. The molecule has 0 N–H and O–H groups in total. The Kier molecular flexibility index (Phi) is 3.49. The molecule has 3 rings (SSSR count). The van der Waals surface area contributed by atoms with Crippen LogP contribution >= 0.6 is 12.2 Å². The topological polar surface area (TPSA) is 26.9 Å². The zero-order valence-electron chi connectivity index (χ0n) is 12.9. The summed E-state index contributed by atoms with van der Waals surface area (Å²) in [5, 5.41) is 2.11. The van der Waals surface area contributed by atoms with Crippen molar-refractivity contribution in [1.29, 1.82) is 0 Å². The summed E-state index contributed by atoms with van der Waals surface area (Å²) in [4.78, 5) is 12.4. The summed E-state index contributed by atoms with van der Waals surface area (Å²) in [6, 6.07) is 15.5. The van der Waals surface area contributed by atoms with Crippen LogP contribution in [0.1, 0.15) is 20.8 Å². The largest absolute Gasteiger partial charge is 0.319 e. The van der Waals surface area contributed by atoms with Crippen molar-refractivity contribution in [2.75, 3.05) is 0 Å². The molecule has 2 aromatic carbocycles. The number of rotatable bonds is 1. The molecule has 1 heterocycles. The molecule has 22 heavy (non-hydrogen) atoms. The van der Waals surface area contributed by atoms with Gasteiger partial charge in [0.2, 0.25) is 0 Å². The third kappa shape index (κ3) is 2.40. The van der Waals surface area contributed by atoms with E-state index in [4.69, 9.17) is 12.2 Å². The first-order chi connectivity index (χ1) is 10.4. The van der Waals surface area contributed by atoms with Gasteiger partial charge in [-0.15, -0.1) is 0 Å². The van der Waals surface area contributed by atoms with Crippen LogP contribution in [0.15, 0.2) is 59.5 Å². The van der Waals surface area contributed by atoms with Crippen LogP contribution < -0.4 is 5.56 Å². The van der Waals surface area contributed by atoms with Crippen LogP contribution in [-0.4, -0.2) is 9.13 Å². The van der Waals surface area contributed by atoms with Crippen LogP contribution in [-0.2, 0) is 5.54 Å². The molecule has 3 aromatic rings. The summed E-state index contributed by atoms with van der Waals surface area (Å²) in [5.41, 5.74) is 0.533. The molecule has 0 amide bonds. The standard InChI is InChI=1S/C18H18N2OS/c1-18(2,3)19-12-11-16(21)20(17(19)22)15-10-6-8-13-7-4-5-9-14(13)15/h4-12H,1-3H3. The van der Waals surface area contributed by atoms with E-state index in [1.165, 1.54) is 0 Å². The fourth-order valence-corrected chi connectivity index (χ4v) is 3.14. The molecule has 0 spiro atoms. The van der Waals surface area contributed by atoms with Crippen molar-refractivity contribution < 1.29 is 0 Å². The minimum Gasteiger partial charge on any atom is -0.319 e. The molecule has 0 fully saturated rings. The molecule has 1 aromatic heterocycles. The molecule has 3 nitrogen and oxygen atoms in total. The highest BCUT2D eigenvalue weighted by atomic mass is 32.1. The lowest BCUT2D eigenvalue weighted by Gasteiger charge is -2.24. The highest BCUT2D eigenvalue weighted by molar-refractivity contribution is 7.71. The number of fused-ring (bicyclic) bond motifs is 1. The summed E-state index contributed by atoms with van der Waals surface area (Å²) in [7, 11) is 0. The number of hydrogen-bond acceptors (Lipinski definition) is 2. The third-order valence-electron chi connectivity index (χ3n) is 3.71.